The predicted molar refractivity (Wildman–Crippen MR) is 95.4 cm³/mol. The zero-order valence-corrected chi connectivity index (χ0v) is 15.2. The summed E-state index contributed by atoms with van der Waals surface area (Å²) in [6, 6.07) is 7.95. The van der Waals surface area contributed by atoms with Crippen LogP contribution in [0.4, 0.5) is 0 Å². The highest BCUT2D eigenvalue weighted by atomic mass is 16.5. The summed E-state index contributed by atoms with van der Waals surface area (Å²) in [6.07, 6.45) is 1.73. The molecule has 0 radical (unpaired) electrons. The van der Waals surface area contributed by atoms with Crippen molar-refractivity contribution in [3.63, 3.8) is 0 Å². The Balaban J connectivity index is 1.62. The molecule has 1 fully saturated rings. The fraction of sp³-hybridized carbons (Fsp3) is 0.474. The molecule has 0 aliphatic carbocycles. The molecular weight excluding hydrogens is 320 g/mol. The summed E-state index contributed by atoms with van der Waals surface area (Å²) in [7, 11) is 4.94. The number of methoxy groups -OCH3 is 3. The van der Waals surface area contributed by atoms with E-state index in [1.165, 1.54) is 0 Å². The first-order chi connectivity index (χ1) is 12.2. The minimum absolute atomic E-state index is 0.652. The molecule has 2 heterocycles. The second-order valence-electron chi connectivity index (χ2n) is 6.13. The number of rotatable bonds is 7. The van der Waals surface area contributed by atoms with Crippen molar-refractivity contribution in [2.24, 2.45) is 0 Å². The summed E-state index contributed by atoms with van der Waals surface area (Å²) in [5.41, 5.74) is 1.11. The molecule has 1 aromatic carbocycles. The van der Waals surface area contributed by atoms with E-state index in [-0.39, 0.29) is 0 Å². The Hall–Kier alpha value is -2.18. The van der Waals surface area contributed by atoms with Gasteiger partial charge in [-0.15, -0.1) is 0 Å². The van der Waals surface area contributed by atoms with Crippen molar-refractivity contribution < 1.29 is 18.6 Å². The van der Waals surface area contributed by atoms with E-state index in [4.69, 9.17) is 18.6 Å². The van der Waals surface area contributed by atoms with Gasteiger partial charge >= 0.3 is 0 Å². The molecule has 0 unspecified atom stereocenters. The minimum Gasteiger partial charge on any atom is -0.493 e. The average Bonchev–Trinajstić information content (AvgIpc) is 3.15. The molecule has 0 saturated carbocycles. The van der Waals surface area contributed by atoms with Crippen LogP contribution in [0.15, 0.2) is 34.9 Å². The van der Waals surface area contributed by atoms with Crippen molar-refractivity contribution >= 4 is 0 Å². The van der Waals surface area contributed by atoms with E-state index in [1.807, 2.05) is 18.2 Å². The van der Waals surface area contributed by atoms with Gasteiger partial charge < -0.3 is 18.6 Å². The minimum atomic E-state index is 0.652. The van der Waals surface area contributed by atoms with Gasteiger partial charge in [0.15, 0.2) is 11.5 Å². The number of hydrogen-bond donors (Lipinski definition) is 0. The lowest BCUT2D eigenvalue weighted by molar-refractivity contribution is 0.115. The zero-order chi connectivity index (χ0) is 17.6. The standard InChI is InChI=1S/C19H26N2O4/c1-22-17-7-6-15(18(23-2)19(17)24-3)13-20-8-10-21(11-9-20)14-16-5-4-12-25-16/h4-7,12H,8-11,13-14H2,1-3H3. The second-order valence-corrected chi connectivity index (χ2v) is 6.13. The molecule has 0 bridgehead atoms. The van der Waals surface area contributed by atoms with Gasteiger partial charge in [0.05, 0.1) is 34.1 Å². The third-order valence-corrected chi connectivity index (χ3v) is 4.60. The highest BCUT2D eigenvalue weighted by Crippen LogP contribution is 2.40. The quantitative estimate of drug-likeness (QED) is 0.768. The van der Waals surface area contributed by atoms with E-state index in [2.05, 4.69) is 15.9 Å². The van der Waals surface area contributed by atoms with Crippen LogP contribution in [-0.4, -0.2) is 57.3 Å². The number of hydrogen-bond acceptors (Lipinski definition) is 6. The lowest BCUT2D eigenvalue weighted by atomic mass is 10.1. The Bertz CT molecular complexity index is 664. The number of ether oxygens (including phenoxy) is 3. The van der Waals surface area contributed by atoms with Crippen LogP contribution in [0, 0.1) is 0 Å². The highest BCUT2D eigenvalue weighted by molar-refractivity contribution is 5.55. The Kier molecular flexibility index (Phi) is 5.83. The predicted octanol–water partition coefficient (Wildman–Crippen LogP) is 2.62. The summed E-state index contributed by atoms with van der Waals surface area (Å²) in [5, 5.41) is 0. The van der Waals surface area contributed by atoms with Crippen molar-refractivity contribution in [2.75, 3.05) is 47.5 Å². The Morgan fingerprint density at radius 3 is 2.08 bits per heavy atom. The van der Waals surface area contributed by atoms with E-state index < -0.39 is 0 Å². The van der Waals surface area contributed by atoms with Crippen LogP contribution in [0.3, 0.4) is 0 Å². The van der Waals surface area contributed by atoms with Gasteiger partial charge in [-0.25, -0.2) is 0 Å². The molecule has 6 heteroatoms. The second kappa shape index (κ2) is 8.27. The number of benzene rings is 1. The molecular formula is C19H26N2O4. The van der Waals surface area contributed by atoms with Crippen LogP contribution in [0.25, 0.3) is 0 Å². The van der Waals surface area contributed by atoms with Gasteiger partial charge in [-0.1, -0.05) is 6.07 Å². The number of piperazine rings is 1. The number of furan rings is 1. The molecule has 0 amide bonds. The highest BCUT2D eigenvalue weighted by Gasteiger charge is 2.21. The maximum absolute atomic E-state index is 5.59. The molecule has 136 valence electrons. The van der Waals surface area contributed by atoms with Gasteiger partial charge in [0.1, 0.15) is 5.76 Å². The van der Waals surface area contributed by atoms with Crippen molar-refractivity contribution in [1.82, 2.24) is 9.80 Å². The van der Waals surface area contributed by atoms with Crippen LogP contribution in [-0.2, 0) is 13.1 Å². The van der Waals surface area contributed by atoms with Crippen molar-refractivity contribution in [3.05, 3.63) is 41.9 Å². The molecule has 1 saturated heterocycles. The fourth-order valence-corrected chi connectivity index (χ4v) is 3.26. The third kappa shape index (κ3) is 4.08. The molecule has 1 aromatic heterocycles. The monoisotopic (exact) mass is 346 g/mol. The third-order valence-electron chi connectivity index (χ3n) is 4.60. The summed E-state index contributed by atoms with van der Waals surface area (Å²) in [6.45, 7) is 5.78. The summed E-state index contributed by atoms with van der Waals surface area (Å²) < 4.78 is 21.9. The molecule has 0 spiro atoms. The SMILES string of the molecule is COc1ccc(CN2CCN(Cc3ccco3)CC2)c(OC)c1OC. The van der Waals surface area contributed by atoms with Crippen molar-refractivity contribution in [2.45, 2.75) is 13.1 Å². The van der Waals surface area contributed by atoms with Gasteiger partial charge in [-0.05, 0) is 18.2 Å². The Labute approximate surface area is 148 Å². The molecule has 1 aliphatic heterocycles. The molecule has 25 heavy (non-hydrogen) atoms. The normalized spacial score (nSPS) is 16.0. The van der Waals surface area contributed by atoms with Crippen LogP contribution in [0.2, 0.25) is 0 Å². The largest absolute Gasteiger partial charge is 0.493 e. The summed E-state index contributed by atoms with van der Waals surface area (Å²) in [4.78, 5) is 4.85. The van der Waals surface area contributed by atoms with Gasteiger partial charge in [0.25, 0.3) is 0 Å². The van der Waals surface area contributed by atoms with Gasteiger partial charge in [0, 0.05) is 38.3 Å². The Morgan fingerprint density at radius 1 is 0.840 bits per heavy atom. The maximum atomic E-state index is 5.59. The first-order valence-corrected chi connectivity index (χ1v) is 8.50. The van der Waals surface area contributed by atoms with E-state index in [0.29, 0.717) is 11.5 Å². The zero-order valence-electron chi connectivity index (χ0n) is 15.2. The number of nitrogens with zero attached hydrogens (tertiary/aromatic N) is 2. The molecule has 1 aliphatic rings. The topological polar surface area (TPSA) is 47.3 Å². The molecule has 0 atom stereocenters. The first-order valence-electron chi connectivity index (χ1n) is 8.50. The molecule has 0 N–H and O–H groups in total. The smallest absolute Gasteiger partial charge is 0.203 e. The first kappa shape index (κ1) is 17.6. The average molecular weight is 346 g/mol. The lowest BCUT2D eigenvalue weighted by Gasteiger charge is -2.34. The molecule has 2 aromatic rings. The van der Waals surface area contributed by atoms with Crippen LogP contribution < -0.4 is 14.2 Å². The van der Waals surface area contributed by atoms with Gasteiger partial charge in [0.2, 0.25) is 5.75 Å². The van der Waals surface area contributed by atoms with Crippen LogP contribution in [0.1, 0.15) is 11.3 Å². The Morgan fingerprint density at radius 2 is 1.52 bits per heavy atom. The van der Waals surface area contributed by atoms with E-state index in [0.717, 1.165) is 56.3 Å². The molecule has 6 nitrogen and oxygen atoms in total. The van der Waals surface area contributed by atoms with Crippen molar-refractivity contribution in [3.8, 4) is 17.2 Å². The van der Waals surface area contributed by atoms with E-state index in [9.17, 15) is 0 Å². The van der Waals surface area contributed by atoms with E-state index in [1.54, 1.807) is 27.6 Å². The lowest BCUT2D eigenvalue weighted by Crippen LogP contribution is -2.45. The summed E-state index contributed by atoms with van der Waals surface area (Å²) in [5.74, 6) is 3.11. The fourth-order valence-electron chi connectivity index (χ4n) is 3.26. The van der Waals surface area contributed by atoms with Gasteiger partial charge in [-0.2, -0.15) is 0 Å². The van der Waals surface area contributed by atoms with E-state index >= 15 is 0 Å². The molecule has 3 rings (SSSR count). The maximum Gasteiger partial charge on any atom is 0.203 e. The van der Waals surface area contributed by atoms with Crippen molar-refractivity contribution in [1.29, 1.82) is 0 Å². The summed E-state index contributed by atoms with van der Waals surface area (Å²) >= 11 is 0. The van der Waals surface area contributed by atoms with Gasteiger partial charge in [-0.3, -0.25) is 9.80 Å². The van der Waals surface area contributed by atoms with Crippen LogP contribution >= 0.6 is 0 Å². The van der Waals surface area contributed by atoms with Crippen LogP contribution in [0.5, 0.6) is 17.2 Å².